The average molecular weight is 1240 g/mol. The van der Waals surface area contributed by atoms with Gasteiger partial charge in [0.15, 0.2) is 0 Å². The van der Waals surface area contributed by atoms with Crippen LogP contribution >= 0.6 is 24.4 Å². The molecule has 0 aliphatic carbocycles. The van der Waals surface area contributed by atoms with Crippen molar-refractivity contribution in [2.24, 2.45) is 11.7 Å². The molecule has 0 bridgehead atoms. The lowest BCUT2D eigenvalue weighted by atomic mass is 9.96. The van der Waals surface area contributed by atoms with Crippen LogP contribution in [0.15, 0.2) is 78.9 Å². The zero-order valence-corrected chi connectivity index (χ0v) is 50.5. The molecule has 1 aliphatic rings. The summed E-state index contributed by atoms with van der Waals surface area (Å²) >= 11 is 5.34. The molecule has 9 amide bonds. The van der Waals surface area contributed by atoms with Gasteiger partial charge in [-0.25, -0.2) is 4.79 Å². The number of carbonyl (C=O) groups is 10. The van der Waals surface area contributed by atoms with Crippen LogP contribution in [-0.4, -0.2) is 199 Å². The van der Waals surface area contributed by atoms with Gasteiger partial charge in [-0.3, -0.25) is 43.2 Å². The maximum absolute atomic E-state index is 14.6. The van der Waals surface area contributed by atoms with Gasteiger partial charge >= 0.3 is 5.97 Å². The number of phenols is 1. The molecule has 0 radical (unpaired) electrons. The summed E-state index contributed by atoms with van der Waals surface area (Å²) in [6.07, 6.45) is 0.0243. The molecule has 0 spiro atoms. The topological polar surface area (TPSA) is 393 Å². The summed E-state index contributed by atoms with van der Waals surface area (Å²) in [5.41, 5.74) is 8.18. The Bertz CT molecular complexity index is 2710. The molecule has 1 heterocycles. The Balaban J connectivity index is 1.60. The number of benzene rings is 3. The lowest BCUT2D eigenvalue weighted by molar-refractivity contribution is -0.151. The molecule has 2 unspecified atom stereocenters. The number of esters is 1. The van der Waals surface area contributed by atoms with E-state index in [0.29, 0.717) is 28.9 Å². The van der Waals surface area contributed by atoms with Gasteiger partial charge in [-0.2, -0.15) is 24.4 Å². The van der Waals surface area contributed by atoms with Crippen LogP contribution in [0, 0.1) is 12.8 Å². The maximum atomic E-state index is 14.6. The van der Waals surface area contributed by atoms with Gasteiger partial charge < -0.3 is 83.1 Å². The van der Waals surface area contributed by atoms with Gasteiger partial charge in [-0.1, -0.05) is 92.6 Å². The van der Waals surface area contributed by atoms with Crippen LogP contribution in [0.1, 0.15) is 55.9 Å². The Labute approximate surface area is 509 Å². The number of aromatic hydroxyl groups is 1. The lowest BCUT2D eigenvalue weighted by Crippen LogP contribution is -2.63. The number of hydrogen-bond donors (Lipinski definition) is 14. The Morgan fingerprint density at radius 1 is 0.733 bits per heavy atom. The third-order valence-electron chi connectivity index (χ3n) is 13.7. The smallest absolute Gasteiger partial charge is 0.328 e. The van der Waals surface area contributed by atoms with E-state index < -0.39 is 145 Å². The quantitative estimate of drug-likeness (QED) is 0.0190. The van der Waals surface area contributed by atoms with Gasteiger partial charge in [0.05, 0.1) is 38.6 Å². The van der Waals surface area contributed by atoms with Crippen LogP contribution < -0.4 is 53.6 Å². The summed E-state index contributed by atoms with van der Waals surface area (Å²) in [6.45, 7) is 4.29. The predicted molar refractivity (Wildman–Crippen MR) is 321 cm³/mol. The van der Waals surface area contributed by atoms with Crippen LogP contribution in [0.3, 0.4) is 0 Å². The SMILES string of the molecule is CCC(C)[C@@H]1NC(=O)[C@H](Cc2ccccc2)NC(=O)[C@H](Cc2ccc(O)cc2)NC(=O)[C@@H](NC(=O)[C@@H](NC(=O)[C@H](CO)NC(=O)[C@H](Cc2ccc(C)cc2)NC(=O)COCCOCCNC(=O)[C@@H](N)CS)C(C)O)COC(=O)[C@H](CCSC)NC1=O. The van der Waals surface area contributed by atoms with Crippen molar-refractivity contribution in [3.63, 3.8) is 0 Å². The van der Waals surface area contributed by atoms with Crippen molar-refractivity contribution in [1.29, 1.82) is 0 Å². The summed E-state index contributed by atoms with van der Waals surface area (Å²) in [4.78, 5) is 139. The van der Waals surface area contributed by atoms with Crippen LogP contribution in [0.5, 0.6) is 5.75 Å². The number of thiol groups is 1. The Morgan fingerprint density at radius 2 is 1.33 bits per heavy atom. The van der Waals surface area contributed by atoms with Crippen LogP contribution in [0.25, 0.3) is 0 Å². The fourth-order valence-corrected chi connectivity index (χ4v) is 9.11. The van der Waals surface area contributed by atoms with E-state index in [9.17, 15) is 63.3 Å². The van der Waals surface area contributed by atoms with Gasteiger partial charge in [-0.15, -0.1) is 0 Å². The maximum Gasteiger partial charge on any atom is 0.328 e. The highest BCUT2D eigenvalue weighted by molar-refractivity contribution is 7.98. The Kier molecular flexibility index (Phi) is 30.8. The summed E-state index contributed by atoms with van der Waals surface area (Å²) in [6, 6.07) is 8.13. The van der Waals surface area contributed by atoms with Crippen LogP contribution in [0.2, 0.25) is 0 Å². The minimum absolute atomic E-state index is 0.0268. The molecule has 86 heavy (non-hydrogen) atoms. The first-order chi connectivity index (χ1) is 41.1. The second-order valence-corrected chi connectivity index (χ2v) is 22.0. The van der Waals surface area contributed by atoms with Crippen molar-refractivity contribution >= 4 is 83.5 Å². The summed E-state index contributed by atoms with van der Waals surface area (Å²) in [5.74, 6) is -9.17. The number of rotatable bonds is 30. The third-order valence-corrected chi connectivity index (χ3v) is 14.8. The highest BCUT2D eigenvalue weighted by Crippen LogP contribution is 2.16. The fourth-order valence-electron chi connectivity index (χ4n) is 8.47. The number of amides is 9. The molecule has 11 atom stereocenters. The molecule has 0 aromatic heterocycles. The minimum Gasteiger partial charge on any atom is -0.508 e. The van der Waals surface area contributed by atoms with E-state index in [2.05, 4.69) is 60.5 Å². The van der Waals surface area contributed by atoms with Gasteiger partial charge in [-0.05, 0) is 67.0 Å². The number of phenolic OH excluding ortho intramolecular Hbond substituents is 1. The molecule has 1 fully saturated rings. The highest BCUT2D eigenvalue weighted by atomic mass is 32.2. The molecule has 26 nitrogen and oxygen atoms in total. The number of thioether (sulfide) groups is 1. The molecule has 28 heteroatoms. The molecule has 3 aromatic rings. The zero-order chi connectivity index (χ0) is 63.3. The molecule has 0 saturated carbocycles. The van der Waals surface area contributed by atoms with E-state index in [4.69, 9.17) is 19.9 Å². The van der Waals surface area contributed by atoms with E-state index in [1.807, 2.05) is 6.92 Å². The summed E-state index contributed by atoms with van der Waals surface area (Å²) in [5, 5.41) is 54.5. The minimum atomic E-state index is -1.95. The number of nitrogens with one attached hydrogen (secondary N) is 9. The van der Waals surface area contributed by atoms with E-state index in [0.717, 1.165) is 12.5 Å². The number of aryl methyl sites for hydroxylation is 1. The molecule has 1 aliphatic heterocycles. The van der Waals surface area contributed by atoms with E-state index in [1.165, 1.54) is 36.0 Å². The standard InChI is InChI=1S/C58H82N10O16S2/c1-6-34(3)48-56(79)62-41(20-25-86-5)58(81)84-30-46(55(78)64-43(28-38-16-18-39(71)19-17-38)52(75)63-44(53(76)67-48)26-36-10-8-7-9-11-36)66-57(80)49(35(4)70)68-54(77)45(29-69)65-51(74)42(27-37-14-12-33(2)13-15-37)61-47(72)31-83-24-23-82-22-21-60-50(73)40(59)32-85/h7-19,34-35,40-46,48-49,69-71,85H,6,20-32,59H2,1-5H3,(H,60,73)(H,61,72)(H,62,79)(H,63,75)(H,64,78)(H,65,74)(H,66,80)(H,67,76)(H,68,77)/t34?,35?,40-,41-,42-,43-,44-,45-,46-,48-,49-/m0/s1. The van der Waals surface area contributed by atoms with Gasteiger partial charge in [0.1, 0.15) is 67.3 Å². The zero-order valence-electron chi connectivity index (χ0n) is 48.8. The first kappa shape index (κ1) is 71.1. The number of aliphatic hydroxyl groups excluding tert-OH is 2. The number of cyclic esters (lactones) is 1. The van der Waals surface area contributed by atoms with Crippen molar-refractivity contribution in [2.75, 3.05) is 63.9 Å². The molecular formula is C58H82N10O16S2. The van der Waals surface area contributed by atoms with Crippen molar-refractivity contribution in [2.45, 2.75) is 120 Å². The van der Waals surface area contributed by atoms with E-state index in [1.54, 1.807) is 74.7 Å². The Morgan fingerprint density at radius 3 is 1.94 bits per heavy atom. The van der Waals surface area contributed by atoms with Crippen molar-refractivity contribution in [1.82, 2.24) is 47.9 Å². The number of hydrogen-bond acceptors (Lipinski definition) is 19. The molecule has 14 N–H and O–H groups in total. The normalized spacial score (nSPS) is 19.9. The number of aliphatic hydroxyl groups is 2. The molecule has 1 saturated heterocycles. The van der Waals surface area contributed by atoms with Crippen LogP contribution in [-0.2, 0) is 81.4 Å². The highest BCUT2D eigenvalue weighted by Gasteiger charge is 2.38. The third kappa shape index (κ3) is 24.2. The second kappa shape index (κ2) is 37.3. The first-order valence-corrected chi connectivity index (χ1v) is 30.1. The monoisotopic (exact) mass is 1240 g/mol. The van der Waals surface area contributed by atoms with Gasteiger partial charge in [0.2, 0.25) is 53.2 Å². The molecule has 472 valence electrons. The summed E-state index contributed by atoms with van der Waals surface area (Å²) < 4.78 is 16.5. The summed E-state index contributed by atoms with van der Waals surface area (Å²) in [7, 11) is 0. The molecule has 3 aromatic carbocycles. The number of carbonyl (C=O) groups excluding carboxylic acids is 10. The molecule has 4 rings (SSSR count). The van der Waals surface area contributed by atoms with Crippen molar-refractivity contribution < 1.29 is 77.5 Å². The van der Waals surface area contributed by atoms with E-state index in [-0.39, 0.29) is 63.6 Å². The van der Waals surface area contributed by atoms with Crippen molar-refractivity contribution in [3.05, 3.63) is 101 Å². The fraction of sp³-hybridized carbons (Fsp3) is 0.517. The first-order valence-electron chi connectivity index (χ1n) is 28.1. The van der Waals surface area contributed by atoms with Gasteiger partial charge in [0.25, 0.3) is 0 Å². The number of nitrogens with two attached hydrogens (primary N) is 1. The Hall–Kier alpha value is -7.34. The van der Waals surface area contributed by atoms with E-state index >= 15 is 0 Å². The lowest BCUT2D eigenvalue weighted by Gasteiger charge is -2.30. The molecular weight excluding hydrogens is 1160 g/mol. The number of ether oxygens (including phenoxy) is 3. The predicted octanol–water partition coefficient (Wildman–Crippen LogP) is -2.26. The van der Waals surface area contributed by atoms with Crippen LogP contribution in [0.4, 0.5) is 0 Å². The second-order valence-electron chi connectivity index (χ2n) is 20.6. The van der Waals surface area contributed by atoms with Gasteiger partial charge in [0, 0.05) is 31.6 Å². The largest absolute Gasteiger partial charge is 0.508 e. The van der Waals surface area contributed by atoms with Crippen molar-refractivity contribution in [3.8, 4) is 5.75 Å². The average Bonchev–Trinajstić information content (AvgIpc) is 3.19.